The lowest BCUT2D eigenvalue weighted by Crippen LogP contribution is -2.32. The zero-order valence-corrected chi connectivity index (χ0v) is 16.6. The first kappa shape index (κ1) is 22.0. The Bertz CT molecular complexity index is 869. The van der Waals surface area contributed by atoms with E-state index in [1.165, 1.54) is 36.4 Å². The van der Waals surface area contributed by atoms with Crippen LogP contribution in [0.5, 0.6) is 0 Å². The van der Waals surface area contributed by atoms with E-state index in [2.05, 4.69) is 5.32 Å². The van der Waals surface area contributed by atoms with Gasteiger partial charge in [0.15, 0.2) is 0 Å². The summed E-state index contributed by atoms with van der Waals surface area (Å²) in [6.45, 7) is 2.20. The minimum Gasteiger partial charge on any atom is -0.389 e. The van der Waals surface area contributed by atoms with Crippen molar-refractivity contribution in [3.63, 3.8) is 0 Å². The van der Waals surface area contributed by atoms with Gasteiger partial charge in [0.05, 0.1) is 12.7 Å². The zero-order chi connectivity index (χ0) is 21.5. The molecule has 0 saturated carbocycles. The van der Waals surface area contributed by atoms with E-state index in [0.29, 0.717) is 11.1 Å². The van der Waals surface area contributed by atoms with E-state index in [1.807, 2.05) is 6.92 Å². The van der Waals surface area contributed by atoms with Crippen molar-refractivity contribution < 1.29 is 23.0 Å². The van der Waals surface area contributed by atoms with Gasteiger partial charge in [0.2, 0.25) is 0 Å². The molecule has 158 valence electrons. The molecule has 0 fully saturated rings. The monoisotopic (exact) mass is 415 g/mol. The molecule has 0 aliphatic heterocycles. The molecule has 2 N–H and O–H groups in total. The number of hydrogen-bond acceptors (Lipinski definition) is 3. The van der Waals surface area contributed by atoms with Crippen molar-refractivity contribution in [1.82, 2.24) is 5.32 Å². The Balaban J connectivity index is 1.61. The first-order valence-corrected chi connectivity index (χ1v) is 9.72. The molecule has 3 aromatic rings. The largest absolute Gasteiger partial charge is 0.389 e. The predicted molar refractivity (Wildman–Crippen MR) is 109 cm³/mol. The van der Waals surface area contributed by atoms with Crippen molar-refractivity contribution in [2.75, 3.05) is 13.2 Å². The Morgan fingerprint density at radius 3 is 1.57 bits per heavy atom. The molecule has 3 rings (SSSR count). The maximum Gasteiger partial charge on any atom is 0.123 e. The van der Waals surface area contributed by atoms with E-state index in [1.54, 1.807) is 36.4 Å². The van der Waals surface area contributed by atoms with Crippen LogP contribution in [-0.2, 0) is 4.74 Å². The molecule has 0 aliphatic carbocycles. The second-order valence-electron chi connectivity index (χ2n) is 7.15. The number of hydrogen-bond donors (Lipinski definition) is 2. The summed E-state index contributed by atoms with van der Waals surface area (Å²) in [6, 6.07) is 17.8. The molecule has 2 atom stereocenters. The summed E-state index contributed by atoms with van der Waals surface area (Å²) in [7, 11) is 0. The Kier molecular flexibility index (Phi) is 7.63. The van der Waals surface area contributed by atoms with Gasteiger partial charge in [-0.15, -0.1) is 0 Å². The number of benzene rings is 3. The molecule has 3 nitrogen and oxygen atoms in total. The zero-order valence-electron chi connectivity index (χ0n) is 16.6. The number of halogens is 3. The molecule has 0 radical (unpaired) electrons. The quantitative estimate of drug-likeness (QED) is 0.521. The molecule has 0 saturated heterocycles. The smallest absolute Gasteiger partial charge is 0.123 e. The Morgan fingerprint density at radius 2 is 1.13 bits per heavy atom. The topological polar surface area (TPSA) is 41.5 Å². The molecule has 0 bridgehead atoms. The first-order chi connectivity index (χ1) is 14.4. The van der Waals surface area contributed by atoms with E-state index < -0.39 is 12.2 Å². The number of ether oxygens (including phenoxy) is 1. The first-order valence-electron chi connectivity index (χ1n) is 9.72. The highest BCUT2D eigenvalue weighted by molar-refractivity contribution is 5.30. The van der Waals surface area contributed by atoms with E-state index >= 15 is 0 Å². The summed E-state index contributed by atoms with van der Waals surface area (Å²) >= 11 is 0. The normalized spacial score (nSPS) is 13.4. The third-order valence-corrected chi connectivity index (χ3v) is 4.83. The van der Waals surface area contributed by atoms with Crippen LogP contribution in [0.25, 0.3) is 0 Å². The summed E-state index contributed by atoms with van der Waals surface area (Å²) in [5.74, 6) is -1.03. The molecule has 30 heavy (non-hydrogen) atoms. The van der Waals surface area contributed by atoms with E-state index in [-0.39, 0.29) is 36.6 Å². The third-order valence-electron chi connectivity index (χ3n) is 4.83. The molecular formula is C24H24F3NO2. The standard InChI is InChI=1S/C24H24F3NO2/c1-16(17-2-8-20(25)9-3-17)28-14-23(29)15-30-24(18-4-10-21(26)11-5-18)19-6-12-22(27)13-7-19/h2-13,16,23-24,28-29H,14-15H2,1H3/t16-,23+/m1/s1. The minimum absolute atomic E-state index is 0.0164. The van der Waals surface area contributed by atoms with Gasteiger partial charge in [-0.1, -0.05) is 36.4 Å². The molecule has 3 aromatic carbocycles. The number of aliphatic hydroxyl groups is 1. The highest BCUT2D eigenvalue weighted by Gasteiger charge is 2.18. The Hall–Kier alpha value is -2.67. The van der Waals surface area contributed by atoms with Crippen LogP contribution in [0, 0.1) is 17.5 Å². The average Bonchev–Trinajstić information content (AvgIpc) is 2.75. The van der Waals surface area contributed by atoms with Crippen LogP contribution in [0.15, 0.2) is 72.8 Å². The molecule has 0 unspecified atom stereocenters. The van der Waals surface area contributed by atoms with Crippen LogP contribution in [0.3, 0.4) is 0 Å². The Labute approximate surface area is 174 Å². The summed E-state index contributed by atoms with van der Waals surface area (Å²) in [6.07, 6.45) is -1.38. The molecule has 0 spiro atoms. The second-order valence-corrected chi connectivity index (χ2v) is 7.15. The van der Waals surface area contributed by atoms with Crippen LogP contribution in [0.2, 0.25) is 0 Å². The van der Waals surface area contributed by atoms with Crippen molar-refractivity contribution >= 4 is 0 Å². The van der Waals surface area contributed by atoms with Gasteiger partial charge in [0, 0.05) is 12.6 Å². The fraction of sp³-hybridized carbons (Fsp3) is 0.250. The highest BCUT2D eigenvalue weighted by atomic mass is 19.1. The minimum atomic E-state index is -0.809. The summed E-state index contributed by atoms with van der Waals surface area (Å²) in [5.41, 5.74) is 2.30. The van der Waals surface area contributed by atoms with Crippen molar-refractivity contribution in [2.45, 2.75) is 25.2 Å². The van der Waals surface area contributed by atoms with Gasteiger partial charge in [-0.25, -0.2) is 13.2 Å². The van der Waals surface area contributed by atoms with Gasteiger partial charge >= 0.3 is 0 Å². The van der Waals surface area contributed by atoms with E-state index in [0.717, 1.165) is 5.56 Å². The second kappa shape index (κ2) is 10.4. The summed E-state index contributed by atoms with van der Waals surface area (Å²) in [4.78, 5) is 0. The summed E-state index contributed by atoms with van der Waals surface area (Å²) < 4.78 is 45.6. The lowest BCUT2D eigenvalue weighted by atomic mass is 10.0. The number of nitrogens with one attached hydrogen (secondary N) is 1. The molecule has 6 heteroatoms. The van der Waals surface area contributed by atoms with Crippen LogP contribution in [-0.4, -0.2) is 24.4 Å². The molecule has 0 aliphatic rings. The highest BCUT2D eigenvalue weighted by Crippen LogP contribution is 2.27. The maximum atomic E-state index is 13.3. The number of rotatable bonds is 9. The van der Waals surface area contributed by atoms with E-state index in [9.17, 15) is 18.3 Å². The van der Waals surface area contributed by atoms with Gasteiger partial charge in [-0.2, -0.15) is 0 Å². The predicted octanol–water partition coefficient (Wildman–Crippen LogP) is 4.92. The lowest BCUT2D eigenvalue weighted by Gasteiger charge is -2.22. The average molecular weight is 415 g/mol. The van der Waals surface area contributed by atoms with Gasteiger partial charge in [0.25, 0.3) is 0 Å². The van der Waals surface area contributed by atoms with Gasteiger partial charge in [-0.05, 0) is 60.0 Å². The van der Waals surface area contributed by atoms with Crippen molar-refractivity contribution in [3.05, 3.63) is 107 Å². The van der Waals surface area contributed by atoms with Gasteiger partial charge < -0.3 is 15.2 Å². The third kappa shape index (κ3) is 6.16. The fourth-order valence-corrected chi connectivity index (χ4v) is 3.11. The van der Waals surface area contributed by atoms with Gasteiger partial charge in [-0.3, -0.25) is 0 Å². The molecule has 0 aromatic heterocycles. The van der Waals surface area contributed by atoms with Crippen LogP contribution in [0.4, 0.5) is 13.2 Å². The lowest BCUT2D eigenvalue weighted by molar-refractivity contribution is 0.00574. The van der Waals surface area contributed by atoms with Gasteiger partial charge in [0.1, 0.15) is 23.6 Å². The number of aliphatic hydroxyl groups excluding tert-OH is 1. The molecule has 0 amide bonds. The van der Waals surface area contributed by atoms with E-state index in [4.69, 9.17) is 4.74 Å². The molecule has 0 heterocycles. The fourth-order valence-electron chi connectivity index (χ4n) is 3.11. The SMILES string of the molecule is C[C@@H](NC[C@H](O)COC(c1ccc(F)cc1)c1ccc(F)cc1)c1ccc(F)cc1. The van der Waals surface area contributed by atoms with Crippen molar-refractivity contribution in [2.24, 2.45) is 0 Å². The molecular weight excluding hydrogens is 391 g/mol. The van der Waals surface area contributed by atoms with Crippen LogP contribution >= 0.6 is 0 Å². The maximum absolute atomic E-state index is 13.3. The van der Waals surface area contributed by atoms with Crippen LogP contribution in [0.1, 0.15) is 35.8 Å². The summed E-state index contributed by atoms with van der Waals surface area (Å²) in [5, 5.41) is 13.5. The van der Waals surface area contributed by atoms with Crippen molar-refractivity contribution in [1.29, 1.82) is 0 Å². The van der Waals surface area contributed by atoms with Crippen molar-refractivity contribution in [3.8, 4) is 0 Å². The van der Waals surface area contributed by atoms with Crippen LogP contribution < -0.4 is 5.32 Å². The Morgan fingerprint density at radius 1 is 0.733 bits per heavy atom.